The Morgan fingerprint density at radius 2 is 1.62 bits per heavy atom. The number of piperidine rings is 1. The van der Waals surface area contributed by atoms with Crippen molar-refractivity contribution in [2.24, 2.45) is 5.41 Å². The first-order chi connectivity index (χ1) is 18.0. The van der Waals surface area contributed by atoms with E-state index in [9.17, 15) is 14.4 Å². The number of amides is 1. The van der Waals surface area contributed by atoms with Crippen molar-refractivity contribution in [1.29, 1.82) is 0 Å². The molecule has 2 aliphatic rings. The van der Waals surface area contributed by atoms with Gasteiger partial charge in [0.15, 0.2) is 5.75 Å². The number of methoxy groups -OCH3 is 1. The molecule has 37 heavy (non-hydrogen) atoms. The van der Waals surface area contributed by atoms with Crippen LogP contribution in [-0.4, -0.2) is 31.0 Å². The van der Waals surface area contributed by atoms with Gasteiger partial charge in [-0.25, -0.2) is 0 Å². The summed E-state index contributed by atoms with van der Waals surface area (Å²) in [4.78, 5) is 40.4. The Morgan fingerprint density at radius 1 is 0.946 bits per heavy atom. The lowest BCUT2D eigenvalue weighted by atomic mass is 9.77. The van der Waals surface area contributed by atoms with Gasteiger partial charge in [-0.1, -0.05) is 56.2 Å². The van der Waals surface area contributed by atoms with Crippen molar-refractivity contribution >= 4 is 23.0 Å². The third kappa shape index (κ3) is 4.75. The Balaban J connectivity index is 1.36. The lowest BCUT2D eigenvalue weighted by molar-refractivity contribution is 0.0584. The monoisotopic (exact) mass is 501 g/mol. The molecular formula is C30H35N3O4. The first-order valence-corrected chi connectivity index (χ1v) is 13.3. The summed E-state index contributed by atoms with van der Waals surface area (Å²) >= 11 is 0. The van der Waals surface area contributed by atoms with Crippen LogP contribution in [0.2, 0.25) is 0 Å². The smallest absolute Gasteiger partial charge is 0.257 e. The number of hydrogen-bond donors (Lipinski definition) is 2. The molecular weight excluding hydrogens is 466 g/mol. The van der Waals surface area contributed by atoms with Gasteiger partial charge in [-0.3, -0.25) is 14.4 Å². The largest absolute Gasteiger partial charge is 0.494 e. The summed E-state index contributed by atoms with van der Waals surface area (Å²) in [6, 6.07) is 15.0. The van der Waals surface area contributed by atoms with Gasteiger partial charge >= 0.3 is 0 Å². The highest BCUT2D eigenvalue weighted by Gasteiger charge is 2.38. The van der Waals surface area contributed by atoms with Crippen molar-refractivity contribution in [3.63, 3.8) is 0 Å². The van der Waals surface area contributed by atoms with Crippen molar-refractivity contribution < 1.29 is 9.53 Å². The topological polar surface area (TPSA) is 87.7 Å². The number of hydrogen-bond acceptors (Lipinski definition) is 6. The van der Waals surface area contributed by atoms with Crippen molar-refractivity contribution in [2.45, 2.75) is 57.9 Å². The summed E-state index contributed by atoms with van der Waals surface area (Å²) in [7, 11) is 1.52. The van der Waals surface area contributed by atoms with Crippen LogP contribution >= 0.6 is 0 Å². The molecule has 1 aliphatic carbocycles. The normalized spacial score (nSPS) is 17.6. The SMILES string of the molecule is CC[C@@H](Nc1c(Nc2cccc(C(=O)N3CCC4(CCCC4)CC3)c2OC)c(=O)c1=O)c1ccccc1. The number of nitrogens with one attached hydrogen (secondary N) is 2. The summed E-state index contributed by atoms with van der Waals surface area (Å²) < 4.78 is 5.67. The number of anilines is 3. The molecule has 0 bridgehead atoms. The Bertz CT molecular complexity index is 1330. The Kier molecular flexibility index (Phi) is 7.04. The van der Waals surface area contributed by atoms with Crippen molar-refractivity contribution in [1.82, 2.24) is 4.90 Å². The molecule has 2 N–H and O–H groups in total. The molecule has 7 heteroatoms. The molecule has 0 unspecified atom stereocenters. The molecule has 1 saturated heterocycles. The van der Waals surface area contributed by atoms with Crippen LogP contribution in [0.4, 0.5) is 17.1 Å². The van der Waals surface area contributed by atoms with E-state index >= 15 is 0 Å². The van der Waals surface area contributed by atoms with Gasteiger partial charge < -0.3 is 20.3 Å². The Labute approximate surface area is 217 Å². The molecule has 0 radical (unpaired) electrons. The van der Waals surface area contributed by atoms with Gasteiger partial charge in [-0.05, 0) is 55.2 Å². The highest BCUT2D eigenvalue weighted by molar-refractivity contribution is 5.99. The van der Waals surface area contributed by atoms with Crippen LogP contribution in [0.15, 0.2) is 58.1 Å². The minimum Gasteiger partial charge on any atom is -0.494 e. The average molecular weight is 502 g/mol. The summed E-state index contributed by atoms with van der Waals surface area (Å²) in [5.41, 5.74) is 1.74. The second-order valence-corrected chi connectivity index (χ2v) is 10.4. The molecule has 1 aliphatic heterocycles. The van der Waals surface area contributed by atoms with Crippen LogP contribution in [0.3, 0.4) is 0 Å². The van der Waals surface area contributed by atoms with Crippen LogP contribution in [0, 0.1) is 5.41 Å². The lowest BCUT2D eigenvalue weighted by Gasteiger charge is -2.39. The minimum absolute atomic E-state index is 0.0631. The lowest BCUT2D eigenvalue weighted by Crippen LogP contribution is -2.42. The van der Waals surface area contributed by atoms with Crippen molar-refractivity contribution in [2.75, 3.05) is 30.8 Å². The van der Waals surface area contributed by atoms with E-state index in [1.165, 1.54) is 32.8 Å². The van der Waals surface area contributed by atoms with Gasteiger partial charge in [-0.2, -0.15) is 0 Å². The van der Waals surface area contributed by atoms with E-state index < -0.39 is 10.9 Å². The summed E-state index contributed by atoms with van der Waals surface area (Å²) in [6.07, 6.45) is 8.00. The maximum Gasteiger partial charge on any atom is 0.257 e. The minimum atomic E-state index is -0.581. The van der Waals surface area contributed by atoms with Crippen LogP contribution < -0.4 is 26.2 Å². The maximum atomic E-state index is 13.5. The summed E-state index contributed by atoms with van der Waals surface area (Å²) in [6.45, 7) is 3.53. The zero-order valence-corrected chi connectivity index (χ0v) is 21.6. The van der Waals surface area contributed by atoms with Crippen LogP contribution in [0.25, 0.3) is 0 Å². The molecule has 2 fully saturated rings. The second-order valence-electron chi connectivity index (χ2n) is 10.4. The second kappa shape index (κ2) is 10.4. The summed E-state index contributed by atoms with van der Waals surface area (Å²) in [5.74, 6) is 0.314. The zero-order valence-electron chi connectivity index (χ0n) is 21.6. The summed E-state index contributed by atoms with van der Waals surface area (Å²) in [5, 5.41) is 6.35. The zero-order chi connectivity index (χ0) is 26.0. The predicted octanol–water partition coefficient (Wildman–Crippen LogP) is 5.39. The standard InChI is InChI=1S/C30H35N3O4/c1-3-22(20-10-5-4-6-11-20)31-24-25(27(35)26(24)34)32-23-13-9-12-21(28(23)37-2)29(36)33-18-16-30(17-19-33)14-7-8-15-30/h4-6,9-13,22,31-32H,3,7-8,14-19H2,1-2H3/t22-/m1/s1. The number of ether oxygens (including phenoxy) is 1. The van der Waals surface area contributed by atoms with Gasteiger partial charge in [0.25, 0.3) is 16.8 Å². The first-order valence-electron chi connectivity index (χ1n) is 13.3. The quantitative estimate of drug-likeness (QED) is 0.402. The highest BCUT2D eigenvalue weighted by Crippen LogP contribution is 2.46. The molecule has 3 aromatic rings. The fourth-order valence-electron chi connectivity index (χ4n) is 6.07. The van der Waals surface area contributed by atoms with Gasteiger partial charge in [0, 0.05) is 13.1 Å². The number of likely N-dealkylation sites (tertiary alicyclic amines) is 1. The molecule has 1 atom stereocenters. The van der Waals surface area contributed by atoms with E-state index in [4.69, 9.17) is 4.74 Å². The highest BCUT2D eigenvalue weighted by atomic mass is 16.5. The van der Waals surface area contributed by atoms with Gasteiger partial charge in [0.1, 0.15) is 11.4 Å². The fraction of sp³-hybridized carbons (Fsp3) is 0.433. The number of benzene rings is 2. The predicted molar refractivity (Wildman–Crippen MR) is 147 cm³/mol. The van der Waals surface area contributed by atoms with E-state index in [0.29, 0.717) is 22.4 Å². The average Bonchev–Trinajstić information content (AvgIpc) is 3.40. The molecule has 1 spiro atoms. The van der Waals surface area contributed by atoms with Crippen LogP contribution in [0.5, 0.6) is 5.75 Å². The van der Waals surface area contributed by atoms with E-state index in [1.807, 2.05) is 42.2 Å². The number of nitrogens with zero attached hydrogens (tertiary/aromatic N) is 1. The number of rotatable bonds is 8. The molecule has 194 valence electrons. The third-order valence-electron chi connectivity index (χ3n) is 8.32. The Hall–Kier alpha value is -3.61. The molecule has 3 aromatic carbocycles. The van der Waals surface area contributed by atoms with Gasteiger partial charge in [0.05, 0.1) is 24.4 Å². The number of carbonyl (C=O) groups excluding carboxylic acids is 1. The van der Waals surface area contributed by atoms with E-state index in [1.54, 1.807) is 18.2 Å². The molecule has 1 saturated carbocycles. The van der Waals surface area contributed by atoms with E-state index in [-0.39, 0.29) is 23.3 Å². The first kappa shape index (κ1) is 25.1. The fourth-order valence-corrected chi connectivity index (χ4v) is 6.07. The third-order valence-corrected chi connectivity index (χ3v) is 8.32. The molecule has 1 amide bonds. The van der Waals surface area contributed by atoms with Crippen molar-refractivity contribution in [3.8, 4) is 5.75 Å². The van der Waals surface area contributed by atoms with Gasteiger partial charge in [-0.15, -0.1) is 0 Å². The maximum absolute atomic E-state index is 13.5. The molecule has 5 rings (SSSR count). The number of para-hydroxylation sites is 1. The Morgan fingerprint density at radius 3 is 2.27 bits per heavy atom. The number of carbonyl (C=O) groups is 1. The van der Waals surface area contributed by atoms with E-state index in [0.717, 1.165) is 37.9 Å². The van der Waals surface area contributed by atoms with Crippen LogP contribution in [0.1, 0.15) is 73.8 Å². The molecule has 0 aromatic heterocycles. The van der Waals surface area contributed by atoms with E-state index in [2.05, 4.69) is 10.6 Å². The molecule has 7 nitrogen and oxygen atoms in total. The van der Waals surface area contributed by atoms with Crippen LogP contribution in [-0.2, 0) is 0 Å². The van der Waals surface area contributed by atoms with Gasteiger partial charge in [0.2, 0.25) is 0 Å². The molecule has 1 heterocycles. The van der Waals surface area contributed by atoms with Crippen molar-refractivity contribution in [3.05, 3.63) is 80.1 Å².